The fourth-order valence-electron chi connectivity index (χ4n) is 5.21. The summed E-state index contributed by atoms with van der Waals surface area (Å²) in [6, 6.07) is 8.93. The Morgan fingerprint density at radius 2 is 1.83 bits per heavy atom. The van der Waals surface area contributed by atoms with Crippen LogP contribution in [-0.2, 0) is 4.74 Å². The van der Waals surface area contributed by atoms with E-state index in [2.05, 4.69) is 15.0 Å². The lowest BCUT2D eigenvalue weighted by atomic mass is 9.99. The minimum atomic E-state index is -2.98. The number of benzene rings is 2. The summed E-state index contributed by atoms with van der Waals surface area (Å²) < 4.78 is 53.1. The number of para-hydroxylation sites is 1. The van der Waals surface area contributed by atoms with E-state index in [4.69, 9.17) is 9.47 Å². The molecule has 36 heavy (non-hydrogen) atoms. The summed E-state index contributed by atoms with van der Waals surface area (Å²) in [6.07, 6.45) is 4.22. The molecule has 2 aromatic heterocycles. The fourth-order valence-corrected chi connectivity index (χ4v) is 5.21. The number of aliphatic hydroxyl groups excluding tert-OH is 1. The Hall–Kier alpha value is -3.50. The standard InChI is InChI=1S/C26H23F3N4O3/c27-18-10-19-21(9-17(18)15-12-30-24(31-13-15)14-5-7-35-8-6-14)33-20(11-22(34)25(33)32-19)16-3-1-2-4-23(16)36-26(28)29/h1-4,9-10,12-14,20,22,26,34H,5-8,11H2/t20-,22-/m1/s1. The lowest BCUT2D eigenvalue weighted by Crippen LogP contribution is -2.16. The summed E-state index contributed by atoms with van der Waals surface area (Å²) in [7, 11) is 0. The van der Waals surface area contributed by atoms with Crippen LogP contribution in [0.1, 0.15) is 54.5 Å². The first-order valence-electron chi connectivity index (χ1n) is 11.8. The van der Waals surface area contributed by atoms with Crippen LogP contribution < -0.4 is 4.74 Å². The number of halogens is 3. The predicted molar refractivity (Wildman–Crippen MR) is 124 cm³/mol. The Labute approximate surface area is 204 Å². The van der Waals surface area contributed by atoms with Crippen LogP contribution in [0.4, 0.5) is 13.2 Å². The van der Waals surface area contributed by atoms with Gasteiger partial charge in [0.2, 0.25) is 0 Å². The fraction of sp³-hybridized carbons (Fsp3) is 0.346. The molecule has 1 saturated heterocycles. The molecule has 4 aromatic rings. The highest BCUT2D eigenvalue weighted by Gasteiger charge is 2.36. The second kappa shape index (κ2) is 9.18. The third-order valence-electron chi connectivity index (χ3n) is 6.93. The zero-order chi connectivity index (χ0) is 24.8. The highest BCUT2D eigenvalue weighted by atomic mass is 19.3. The molecule has 0 amide bonds. The van der Waals surface area contributed by atoms with Crippen molar-refractivity contribution in [2.24, 2.45) is 0 Å². The van der Waals surface area contributed by atoms with E-state index in [1.807, 2.05) is 0 Å². The van der Waals surface area contributed by atoms with Gasteiger partial charge in [0.05, 0.1) is 17.1 Å². The van der Waals surface area contributed by atoms with E-state index >= 15 is 4.39 Å². The van der Waals surface area contributed by atoms with Gasteiger partial charge in [0.15, 0.2) is 0 Å². The number of rotatable bonds is 5. The van der Waals surface area contributed by atoms with Gasteiger partial charge >= 0.3 is 6.61 Å². The zero-order valence-corrected chi connectivity index (χ0v) is 19.2. The van der Waals surface area contributed by atoms with Crippen LogP contribution in [0.3, 0.4) is 0 Å². The van der Waals surface area contributed by atoms with E-state index in [1.165, 1.54) is 12.1 Å². The summed E-state index contributed by atoms with van der Waals surface area (Å²) in [5.41, 5.74) is 2.23. The van der Waals surface area contributed by atoms with Crippen LogP contribution in [0, 0.1) is 5.82 Å². The molecule has 2 aliphatic rings. The van der Waals surface area contributed by atoms with Crippen LogP contribution in [0.25, 0.3) is 22.2 Å². The SMILES string of the molecule is O[C@@H]1C[C@H](c2ccccc2OC(F)F)n2c1nc1cc(F)c(-c3cnc(C4CCOCC4)nc3)cc12. The molecule has 7 nitrogen and oxygen atoms in total. The van der Waals surface area contributed by atoms with Gasteiger partial charge in [-0.2, -0.15) is 8.78 Å². The molecule has 0 unspecified atom stereocenters. The molecule has 2 atom stereocenters. The van der Waals surface area contributed by atoms with Crippen molar-refractivity contribution in [2.45, 2.75) is 43.9 Å². The van der Waals surface area contributed by atoms with Gasteiger partial charge < -0.3 is 19.1 Å². The van der Waals surface area contributed by atoms with Gasteiger partial charge in [0.1, 0.15) is 29.3 Å². The molecule has 10 heteroatoms. The Morgan fingerprint density at radius 3 is 2.58 bits per heavy atom. The molecule has 0 saturated carbocycles. The van der Waals surface area contributed by atoms with E-state index in [1.54, 1.807) is 41.2 Å². The molecular formula is C26H23F3N4O3. The van der Waals surface area contributed by atoms with Crippen molar-refractivity contribution in [3.63, 3.8) is 0 Å². The maximum Gasteiger partial charge on any atom is 0.387 e. The molecular weight excluding hydrogens is 473 g/mol. The first kappa shape index (κ1) is 22.9. The van der Waals surface area contributed by atoms with E-state index in [9.17, 15) is 13.9 Å². The van der Waals surface area contributed by atoms with Crippen molar-refractivity contribution in [1.29, 1.82) is 0 Å². The van der Waals surface area contributed by atoms with Crippen LogP contribution in [0.15, 0.2) is 48.8 Å². The summed E-state index contributed by atoms with van der Waals surface area (Å²) in [6.45, 7) is -1.64. The lowest BCUT2D eigenvalue weighted by molar-refractivity contribution is -0.0507. The first-order valence-corrected chi connectivity index (χ1v) is 11.8. The Morgan fingerprint density at radius 1 is 1.08 bits per heavy atom. The molecule has 1 N–H and O–H groups in total. The molecule has 0 aliphatic carbocycles. The Bertz CT molecular complexity index is 1400. The number of imidazole rings is 1. The second-order valence-electron chi connectivity index (χ2n) is 9.06. The van der Waals surface area contributed by atoms with Gasteiger partial charge in [-0.3, -0.25) is 0 Å². The minimum absolute atomic E-state index is 0.0267. The van der Waals surface area contributed by atoms with Crippen molar-refractivity contribution in [3.05, 3.63) is 71.8 Å². The number of aliphatic hydroxyl groups is 1. The highest BCUT2D eigenvalue weighted by Crippen LogP contribution is 2.44. The Balaban J connectivity index is 1.41. The number of hydrogen-bond acceptors (Lipinski definition) is 6. The number of hydrogen-bond donors (Lipinski definition) is 1. The van der Waals surface area contributed by atoms with Gasteiger partial charge in [-0.25, -0.2) is 19.3 Å². The zero-order valence-electron chi connectivity index (χ0n) is 19.2. The number of fused-ring (bicyclic) bond motifs is 3. The summed E-state index contributed by atoms with van der Waals surface area (Å²) in [5.74, 6) is 0.820. The molecule has 186 valence electrons. The summed E-state index contributed by atoms with van der Waals surface area (Å²) >= 11 is 0. The third-order valence-corrected chi connectivity index (χ3v) is 6.93. The van der Waals surface area contributed by atoms with E-state index in [0.717, 1.165) is 12.8 Å². The molecule has 0 bridgehead atoms. The number of nitrogens with zero attached hydrogens (tertiary/aromatic N) is 4. The number of alkyl halides is 2. The molecule has 1 fully saturated rings. The summed E-state index contributed by atoms with van der Waals surface area (Å²) in [5, 5.41) is 10.7. The van der Waals surface area contributed by atoms with Gasteiger partial charge in [-0.15, -0.1) is 0 Å². The van der Waals surface area contributed by atoms with Gasteiger partial charge in [-0.1, -0.05) is 18.2 Å². The van der Waals surface area contributed by atoms with Crippen molar-refractivity contribution in [2.75, 3.05) is 13.2 Å². The van der Waals surface area contributed by atoms with E-state index in [-0.39, 0.29) is 18.1 Å². The van der Waals surface area contributed by atoms with Gasteiger partial charge in [-0.05, 0) is 25.0 Å². The topological polar surface area (TPSA) is 82.3 Å². The maximum atomic E-state index is 15.2. The monoisotopic (exact) mass is 496 g/mol. The van der Waals surface area contributed by atoms with Crippen LogP contribution in [0.5, 0.6) is 5.75 Å². The van der Waals surface area contributed by atoms with Crippen LogP contribution in [-0.4, -0.2) is 44.5 Å². The average molecular weight is 496 g/mol. The van der Waals surface area contributed by atoms with Crippen LogP contribution >= 0.6 is 0 Å². The molecule has 6 rings (SSSR count). The van der Waals surface area contributed by atoms with E-state index in [0.29, 0.717) is 52.6 Å². The molecule has 0 radical (unpaired) electrons. The summed E-state index contributed by atoms with van der Waals surface area (Å²) in [4.78, 5) is 13.4. The number of aromatic nitrogens is 4. The third kappa shape index (κ3) is 4.00. The minimum Gasteiger partial charge on any atom is -0.434 e. The van der Waals surface area contributed by atoms with E-state index < -0.39 is 24.6 Å². The quantitative estimate of drug-likeness (QED) is 0.411. The van der Waals surface area contributed by atoms with Gasteiger partial charge in [0, 0.05) is 60.7 Å². The first-order chi connectivity index (χ1) is 17.5. The van der Waals surface area contributed by atoms with Crippen molar-refractivity contribution >= 4 is 11.0 Å². The average Bonchev–Trinajstić information content (AvgIpc) is 3.41. The van der Waals surface area contributed by atoms with Crippen LogP contribution in [0.2, 0.25) is 0 Å². The Kier molecular flexibility index (Phi) is 5.85. The smallest absolute Gasteiger partial charge is 0.387 e. The molecule has 2 aromatic carbocycles. The van der Waals surface area contributed by atoms with Crippen molar-refractivity contribution in [1.82, 2.24) is 19.5 Å². The number of ether oxygens (including phenoxy) is 2. The normalized spacial score (nSPS) is 20.2. The van der Waals surface area contributed by atoms with Crippen molar-refractivity contribution in [3.8, 4) is 16.9 Å². The molecule has 0 spiro atoms. The highest BCUT2D eigenvalue weighted by molar-refractivity contribution is 5.83. The van der Waals surface area contributed by atoms with Gasteiger partial charge in [0.25, 0.3) is 0 Å². The molecule has 4 heterocycles. The predicted octanol–water partition coefficient (Wildman–Crippen LogP) is 5.15. The largest absolute Gasteiger partial charge is 0.434 e. The molecule has 2 aliphatic heterocycles. The maximum absolute atomic E-state index is 15.2. The lowest BCUT2D eigenvalue weighted by Gasteiger charge is -2.20. The van der Waals surface area contributed by atoms with Crippen molar-refractivity contribution < 1.29 is 27.8 Å². The second-order valence-corrected chi connectivity index (χ2v) is 9.06.